The summed E-state index contributed by atoms with van der Waals surface area (Å²) in [5.41, 5.74) is 9.66. The summed E-state index contributed by atoms with van der Waals surface area (Å²) in [5, 5.41) is 2.53. The lowest BCUT2D eigenvalue weighted by Gasteiger charge is -2.11. The lowest BCUT2D eigenvalue weighted by atomic mass is 10.0. The summed E-state index contributed by atoms with van der Waals surface area (Å²) < 4.78 is 3.49. The number of rotatable bonds is 4. The highest BCUT2D eigenvalue weighted by Crippen LogP contribution is 2.36. The summed E-state index contributed by atoms with van der Waals surface area (Å²) in [4.78, 5) is 0. The number of fused-ring (bicyclic) bond motifs is 3. The number of benzene rings is 5. The molecule has 35 heavy (non-hydrogen) atoms. The molecule has 6 rings (SSSR count). The van der Waals surface area contributed by atoms with Crippen molar-refractivity contribution in [1.82, 2.24) is 4.57 Å². The zero-order valence-corrected chi connectivity index (χ0v) is 21.0. The van der Waals surface area contributed by atoms with Crippen LogP contribution < -0.4 is 0 Å². The summed E-state index contributed by atoms with van der Waals surface area (Å²) in [6, 6.07) is 41.5. The summed E-state index contributed by atoms with van der Waals surface area (Å²) in [6.07, 6.45) is 4.25. The topological polar surface area (TPSA) is 4.93 Å². The molecule has 6 aromatic rings. The van der Waals surface area contributed by atoms with Crippen LogP contribution in [0.2, 0.25) is 0 Å². The van der Waals surface area contributed by atoms with Crippen LogP contribution in [0.1, 0.15) is 12.5 Å². The van der Waals surface area contributed by atoms with Gasteiger partial charge in [0.25, 0.3) is 0 Å². The molecule has 0 amide bonds. The number of allylic oxidation sites excluding steroid dienone is 1. The second-order valence-electron chi connectivity index (χ2n) is 8.77. The van der Waals surface area contributed by atoms with Crippen molar-refractivity contribution in [3.8, 4) is 27.9 Å². The molecule has 0 saturated heterocycles. The van der Waals surface area contributed by atoms with Gasteiger partial charge in [-0.05, 0) is 77.2 Å². The van der Waals surface area contributed by atoms with Crippen molar-refractivity contribution in [2.24, 2.45) is 0 Å². The zero-order valence-electron chi connectivity index (χ0n) is 19.4. The number of nitrogens with zero attached hydrogens (tertiary/aromatic N) is 1. The fourth-order valence-corrected chi connectivity index (χ4v) is 5.15. The Labute approximate surface area is 214 Å². The van der Waals surface area contributed by atoms with E-state index in [0.717, 1.165) is 10.2 Å². The molecule has 0 saturated carbocycles. The van der Waals surface area contributed by atoms with Crippen LogP contribution in [0.5, 0.6) is 0 Å². The van der Waals surface area contributed by atoms with Gasteiger partial charge in [-0.2, -0.15) is 0 Å². The molecule has 0 N–H and O–H groups in total. The first kappa shape index (κ1) is 21.6. The number of hydrogen-bond acceptors (Lipinski definition) is 0. The van der Waals surface area contributed by atoms with Crippen LogP contribution in [-0.4, -0.2) is 4.57 Å². The average Bonchev–Trinajstić information content (AvgIpc) is 3.23. The first-order chi connectivity index (χ1) is 17.2. The molecule has 2 heteroatoms. The second-order valence-corrected chi connectivity index (χ2v) is 9.68. The molecule has 0 spiro atoms. The maximum absolute atomic E-state index is 3.56. The van der Waals surface area contributed by atoms with Crippen LogP contribution >= 0.6 is 15.9 Å². The minimum absolute atomic E-state index is 1.09. The second kappa shape index (κ2) is 9.05. The standard InChI is InChI=1S/C33H24BrN/c1-2-7-23-12-19-32-31(20-23)30-18-15-27(25-13-16-28(34)17-14-25)22-33(30)35(32)29-11-6-10-26(21-29)24-8-4-3-5-9-24/h2-22H,1H3/b7-2+. The normalized spacial score (nSPS) is 11.6. The van der Waals surface area contributed by atoms with Gasteiger partial charge in [-0.1, -0.05) is 101 Å². The number of hydrogen-bond donors (Lipinski definition) is 0. The summed E-state index contributed by atoms with van der Waals surface area (Å²) in [5.74, 6) is 0. The number of halogens is 1. The van der Waals surface area contributed by atoms with E-state index in [-0.39, 0.29) is 0 Å². The van der Waals surface area contributed by atoms with E-state index in [1.54, 1.807) is 0 Å². The first-order valence-electron chi connectivity index (χ1n) is 11.8. The van der Waals surface area contributed by atoms with Crippen molar-refractivity contribution in [2.75, 3.05) is 0 Å². The van der Waals surface area contributed by atoms with E-state index in [1.165, 1.54) is 49.6 Å². The largest absolute Gasteiger partial charge is 0.309 e. The molecular weight excluding hydrogens is 490 g/mol. The first-order valence-corrected chi connectivity index (χ1v) is 12.6. The Morgan fingerprint density at radius 1 is 0.571 bits per heavy atom. The quantitative estimate of drug-likeness (QED) is 0.221. The van der Waals surface area contributed by atoms with E-state index in [0.29, 0.717) is 0 Å². The van der Waals surface area contributed by atoms with Crippen LogP contribution in [0.3, 0.4) is 0 Å². The van der Waals surface area contributed by atoms with Gasteiger partial charge in [-0.3, -0.25) is 0 Å². The fraction of sp³-hybridized carbons (Fsp3) is 0.0303. The Bertz CT molecular complexity index is 1690. The summed E-state index contributed by atoms with van der Waals surface area (Å²) in [6.45, 7) is 2.06. The van der Waals surface area contributed by atoms with Crippen LogP contribution in [0, 0.1) is 0 Å². The van der Waals surface area contributed by atoms with Crippen molar-refractivity contribution in [3.63, 3.8) is 0 Å². The zero-order chi connectivity index (χ0) is 23.8. The molecular formula is C33H24BrN. The third kappa shape index (κ3) is 4.00. The van der Waals surface area contributed by atoms with Crippen LogP contribution in [0.4, 0.5) is 0 Å². The lowest BCUT2D eigenvalue weighted by molar-refractivity contribution is 1.18. The minimum atomic E-state index is 1.09. The van der Waals surface area contributed by atoms with E-state index in [1.807, 2.05) is 0 Å². The maximum atomic E-state index is 3.56. The highest BCUT2D eigenvalue weighted by Gasteiger charge is 2.14. The molecule has 0 fully saturated rings. The van der Waals surface area contributed by atoms with Crippen LogP contribution in [0.15, 0.2) is 126 Å². The summed E-state index contributed by atoms with van der Waals surface area (Å²) in [7, 11) is 0. The maximum Gasteiger partial charge on any atom is 0.0547 e. The minimum Gasteiger partial charge on any atom is -0.309 e. The highest BCUT2D eigenvalue weighted by atomic mass is 79.9. The Morgan fingerprint density at radius 3 is 2.09 bits per heavy atom. The molecule has 168 valence electrons. The van der Waals surface area contributed by atoms with Gasteiger partial charge in [0.1, 0.15) is 0 Å². The van der Waals surface area contributed by atoms with Crippen molar-refractivity contribution in [1.29, 1.82) is 0 Å². The molecule has 1 nitrogen and oxygen atoms in total. The van der Waals surface area contributed by atoms with E-state index >= 15 is 0 Å². The average molecular weight is 514 g/mol. The number of aromatic nitrogens is 1. The molecule has 0 unspecified atom stereocenters. The Balaban J connectivity index is 1.63. The third-order valence-corrected chi connectivity index (χ3v) is 7.07. The van der Waals surface area contributed by atoms with E-state index < -0.39 is 0 Å². The Hall–Kier alpha value is -3.88. The van der Waals surface area contributed by atoms with Gasteiger partial charge in [-0.25, -0.2) is 0 Å². The molecule has 1 aromatic heterocycles. The SMILES string of the molecule is C/C=C/c1ccc2c(c1)c1ccc(-c3ccc(Br)cc3)cc1n2-c1cccc(-c2ccccc2)c1. The highest BCUT2D eigenvalue weighted by molar-refractivity contribution is 9.10. The molecule has 0 aliphatic carbocycles. The molecule has 0 radical (unpaired) electrons. The van der Waals surface area contributed by atoms with Gasteiger partial charge < -0.3 is 4.57 Å². The van der Waals surface area contributed by atoms with Gasteiger partial charge in [0, 0.05) is 20.9 Å². The van der Waals surface area contributed by atoms with Gasteiger partial charge >= 0.3 is 0 Å². The van der Waals surface area contributed by atoms with Gasteiger partial charge in [0.15, 0.2) is 0 Å². The van der Waals surface area contributed by atoms with Crippen LogP contribution in [0.25, 0.3) is 55.8 Å². The molecule has 0 atom stereocenters. The van der Waals surface area contributed by atoms with Crippen molar-refractivity contribution in [3.05, 3.63) is 131 Å². The molecule has 5 aromatic carbocycles. The van der Waals surface area contributed by atoms with Gasteiger partial charge in [-0.15, -0.1) is 0 Å². The predicted octanol–water partition coefficient (Wildman–Crippen LogP) is 9.91. The van der Waals surface area contributed by atoms with E-state index in [9.17, 15) is 0 Å². The van der Waals surface area contributed by atoms with Crippen molar-refractivity contribution < 1.29 is 0 Å². The molecule has 0 aliphatic heterocycles. The van der Waals surface area contributed by atoms with Crippen molar-refractivity contribution in [2.45, 2.75) is 6.92 Å². The predicted molar refractivity (Wildman–Crippen MR) is 154 cm³/mol. The van der Waals surface area contributed by atoms with E-state index in [4.69, 9.17) is 0 Å². The third-order valence-electron chi connectivity index (χ3n) is 6.54. The van der Waals surface area contributed by atoms with Gasteiger partial charge in [0.2, 0.25) is 0 Å². The molecule has 0 aliphatic rings. The van der Waals surface area contributed by atoms with Crippen LogP contribution in [-0.2, 0) is 0 Å². The van der Waals surface area contributed by atoms with Crippen molar-refractivity contribution >= 4 is 43.8 Å². The van der Waals surface area contributed by atoms with E-state index in [2.05, 4.69) is 155 Å². The monoisotopic (exact) mass is 513 g/mol. The Kier molecular flexibility index (Phi) is 5.60. The fourth-order valence-electron chi connectivity index (χ4n) is 4.89. The van der Waals surface area contributed by atoms with Gasteiger partial charge in [0.05, 0.1) is 11.0 Å². The molecule has 1 heterocycles. The Morgan fingerprint density at radius 2 is 1.29 bits per heavy atom. The summed E-state index contributed by atoms with van der Waals surface area (Å²) >= 11 is 3.56. The molecule has 0 bridgehead atoms. The smallest absolute Gasteiger partial charge is 0.0547 e. The lowest BCUT2D eigenvalue weighted by Crippen LogP contribution is -1.94.